The molecule has 0 bridgehead atoms. The molecule has 2 aliphatic heterocycles. The van der Waals surface area contributed by atoms with Gasteiger partial charge in [0.2, 0.25) is 6.79 Å². The van der Waals surface area contributed by atoms with E-state index in [0.717, 1.165) is 23.5 Å². The number of hydrogen-bond donors (Lipinski definition) is 0. The maximum Gasteiger partial charge on any atom is 0.231 e. The average Bonchev–Trinajstić information content (AvgIpc) is 2.76. The quantitative estimate of drug-likeness (QED) is 0.752. The summed E-state index contributed by atoms with van der Waals surface area (Å²) in [5.74, 6) is 3.23. The van der Waals surface area contributed by atoms with E-state index in [-0.39, 0.29) is 6.79 Å². The molecule has 4 heteroatoms. The summed E-state index contributed by atoms with van der Waals surface area (Å²) in [6, 6.07) is 3.82. The number of ether oxygens (including phenoxy) is 2. The zero-order valence-electron chi connectivity index (χ0n) is 10.1. The smallest absolute Gasteiger partial charge is 0.231 e. The molecular weight excluding hydrogens is 228 g/mol. The third-order valence-corrected chi connectivity index (χ3v) is 4.94. The van der Waals surface area contributed by atoms with E-state index in [0.29, 0.717) is 17.5 Å². The lowest BCUT2D eigenvalue weighted by atomic mass is 10.2. The second-order valence-corrected chi connectivity index (χ2v) is 5.79. The fourth-order valence-electron chi connectivity index (χ4n) is 1.54. The maximum atomic E-state index is 8.47. The van der Waals surface area contributed by atoms with Gasteiger partial charge in [0.25, 0.3) is 0 Å². The first kappa shape index (κ1) is 7.74. The van der Waals surface area contributed by atoms with Gasteiger partial charge in [0.1, 0.15) is 0 Å². The number of benzene rings is 1. The summed E-state index contributed by atoms with van der Waals surface area (Å²) >= 11 is 3.18. The number of rotatable bonds is 1. The Morgan fingerprint density at radius 3 is 3.00 bits per heavy atom. The average molecular weight is 242 g/mol. The number of thioether (sulfide) groups is 2. The van der Waals surface area contributed by atoms with Crippen LogP contribution in [-0.4, -0.2) is 18.3 Å². The lowest BCUT2D eigenvalue weighted by molar-refractivity contribution is 0.174. The van der Waals surface area contributed by atoms with E-state index < -0.39 is 4.56 Å². The minimum Gasteiger partial charge on any atom is -0.454 e. The molecule has 1 saturated heterocycles. The Bertz CT molecular complexity index is 447. The van der Waals surface area contributed by atoms with Crippen LogP contribution in [0, 0.1) is 0 Å². The normalized spacial score (nSPS) is 24.5. The van der Waals surface area contributed by atoms with E-state index in [1.807, 2.05) is 0 Å². The van der Waals surface area contributed by atoms with Crippen molar-refractivity contribution in [3.8, 4) is 11.5 Å². The zero-order chi connectivity index (χ0) is 11.9. The van der Waals surface area contributed by atoms with Crippen molar-refractivity contribution >= 4 is 23.5 Å². The van der Waals surface area contributed by atoms with E-state index in [2.05, 4.69) is 0 Å². The van der Waals surface area contributed by atoms with Crippen LogP contribution in [0.3, 0.4) is 0 Å². The topological polar surface area (TPSA) is 18.5 Å². The molecular formula is C11H12O2S2. The van der Waals surface area contributed by atoms with E-state index in [1.54, 1.807) is 35.7 Å². The molecule has 15 heavy (non-hydrogen) atoms. The molecule has 0 aromatic heterocycles. The van der Waals surface area contributed by atoms with Crippen LogP contribution in [0.1, 0.15) is 19.3 Å². The third kappa shape index (κ3) is 1.93. The summed E-state index contributed by atoms with van der Waals surface area (Å²) in [5.41, 5.74) is 0.719. The predicted octanol–water partition coefficient (Wildman–Crippen LogP) is 3.28. The summed E-state index contributed by atoms with van der Waals surface area (Å²) in [7, 11) is 0. The Hall–Kier alpha value is -0.480. The Balaban J connectivity index is 2.02. The Labute approximate surface area is 101 Å². The van der Waals surface area contributed by atoms with Gasteiger partial charge in [-0.25, -0.2) is 0 Å². The third-order valence-electron chi connectivity index (χ3n) is 2.28. The van der Waals surface area contributed by atoms with Crippen LogP contribution >= 0.6 is 23.5 Å². The van der Waals surface area contributed by atoms with Gasteiger partial charge in [-0.15, -0.1) is 23.5 Å². The van der Waals surface area contributed by atoms with Crippen LogP contribution in [-0.2, 0) is 0 Å². The van der Waals surface area contributed by atoms with Crippen molar-refractivity contribution in [1.82, 2.24) is 0 Å². The highest BCUT2D eigenvalue weighted by atomic mass is 32.2. The second-order valence-electron chi connectivity index (χ2n) is 3.32. The molecule has 2 aliphatic rings. The molecule has 3 rings (SSSR count). The van der Waals surface area contributed by atoms with Gasteiger partial charge in [-0.05, 0) is 35.6 Å². The highest BCUT2D eigenvalue weighted by Gasteiger charge is 2.20. The van der Waals surface area contributed by atoms with Gasteiger partial charge in [-0.1, -0.05) is 6.04 Å². The van der Waals surface area contributed by atoms with E-state index in [4.69, 9.17) is 12.2 Å². The molecule has 1 fully saturated rings. The van der Waals surface area contributed by atoms with Crippen molar-refractivity contribution in [2.75, 3.05) is 18.3 Å². The first-order chi connectivity index (χ1) is 8.19. The maximum absolute atomic E-state index is 8.47. The monoisotopic (exact) mass is 242 g/mol. The van der Waals surface area contributed by atoms with E-state index >= 15 is 0 Å². The molecule has 0 atom stereocenters. The van der Waals surface area contributed by atoms with Crippen molar-refractivity contribution in [3.63, 3.8) is 0 Å². The largest absolute Gasteiger partial charge is 0.454 e. The van der Waals surface area contributed by atoms with Crippen LogP contribution in [0.4, 0.5) is 0 Å². The van der Waals surface area contributed by atoms with Crippen molar-refractivity contribution < 1.29 is 12.2 Å². The lowest BCUT2D eigenvalue weighted by Gasteiger charge is -2.21. The van der Waals surface area contributed by atoms with Gasteiger partial charge in [-0.3, -0.25) is 0 Å². The van der Waals surface area contributed by atoms with Gasteiger partial charge in [0, 0.05) is 0 Å². The van der Waals surface area contributed by atoms with Gasteiger partial charge in [-0.2, -0.15) is 0 Å². The second kappa shape index (κ2) is 4.18. The predicted molar refractivity (Wildman–Crippen MR) is 64.8 cm³/mol. The summed E-state index contributed by atoms with van der Waals surface area (Å²) in [5, 5.41) is 0. The molecule has 0 N–H and O–H groups in total. The van der Waals surface area contributed by atoms with Crippen LogP contribution < -0.4 is 9.47 Å². The molecule has 1 aromatic carbocycles. The summed E-state index contributed by atoms with van der Waals surface area (Å²) in [4.78, 5) is 0. The molecule has 2 heterocycles. The highest BCUT2D eigenvalue weighted by Crippen LogP contribution is 2.46. The van der Waals surface area contributed by atoms with Gasteiger partial charge in [0.15, 0.2) is 11.5 Å². The van der Waals surface area contributed by atoms with Gasteiger partial charge in [0.05, 0.1) is 7.30 Å². The Kier molecular flexibility index (Phi) is 2.16. The minimum absolute atomic E-state index is 0.212. The molecule has 0 spiro atoms. The molecule has 2 nitrogen and oxygen atoms in total. The molecule has 1 aromatic rings. The summed E-state index contributed by atoms with van der Waals surface area (Å²) in [6.45, 7) is 0.212. The van der Waals surface area contributed by atoms with E-state index in [1.165, 1.54) is 0 Å². The lowest BCUT2D eigenvalue weighted by Crippen LogP contribution is -1.99. The molecule has 0 unspecified atom stereocenters. The highest BCUT2D eigenvalue weighted by molar-refractivity contribution is 8.16. The van der Waals surface area contributed by atoms with Gasteiger partial charge >= 0.3 is 0 Å². The van der Waals surface area contributed by atoms with E-state index in [9.17, 15) is 0 Å². The van der Waals surface area contributed by atoms with Crippen molar-refractivity contribution in [1.29, 1.82) is 0 Å². The molecule has 0 radical (unpaired) electrons. The van der Waals surface area contributed by atoms with Crippen LogP contribution in [0.15, 0.2) is 18.2 Å². The molecule has 80 valence electrons. The van der Waals surface area contributed by atoms with Crippen molar-refractivity contribution in [3.05, 3.63) is 23.7 Å². The van der Waals surface area contributed by atoms with Gasteiger partial charge < -0.3 is 9.47 Å². The van der Waals surface area contributed by atoms with Crippen LogP contribution in [0.2, 0.25) is 0 Å². The van der Waals surface area contributed by atoms with Crippen LogP contribution in [0.25, 0.3) is 0 Å². The SMILES string of the molecule is [2H]c1cc2c(cc1C1([2H])SCCCS1)OCO2. The number of fused-ring (bicyclic) bond motifs is 1. The molecule has 0 amide bonds. The minimum atomic E-state index is -0.768. The van der Waals surface area contributed by atoms with Crippen molar-refractivity contribution in [2.45, 2.75) is 11.0 Å². The Morgan fingerprint density at radius 1 is 1.33 bits per heavy atom. The first-order valence-electron chi connectivity index (χ1n) is 5.88. The summed E-state index contributed by atoms with van der Waals surface area (Å²) < 4.78 is 26.3. The Morgan fingerprint density at radius 2 is 2.13 bits per heavy atom. The molecule has 0 saturated carbocycles. The summed E-state index contributed by atoms with van der Waals surface area (Å²) in [6.07, 6.45) is 1.13. The first-order valence-corrected chi connectivity index (χ1v) is 6.85. The fraction of sp³-hybridized carbons (Fsp3) is 0.455. The standard InChI is InChI=1S/C11H12O2S2/c1-4-14-11(15-5-1)8-2-3-9-10(6-8)13-7-12-9/h2-3,6,11H,1,4-5,7H2/i2D,11D. The fourth-order valence-corrected chi connectivity index (χ4v) is 4.05. The zero-order valence-corrected chi connectivity index (χ0v) is 9.75. The van der Waals surface area contributed by atoms with Crippen molar-refractivity contribution in [2.24, 2.45) is 0 Å². The van der Waals surface area contributed by atoms with Crippen LogP contribution in [0.5, 0.6) is 11.5 Å². The molecule has 0 aliphatic carbocycles. The number of hydrogen-bond acceptors (Lipinski definition) is 4.